The van der Waals surface area contributed by atoms with Crippen molar-refractivity contribution in [2.75, 3.05) is 25.7 Å². The lowest BCUT2D eigenvalue weighted by molar-refractivity contribution is -0.0270. The van der Waals surface area contributed by atoms with Gasteiger partial charge in [0.25, 0.3) is 0 Å². The molecular weight excluding hydrogens is 280 g/mol. The Morgan fingerprint density at radius 1 is 1.18 bits per heavy atom. The van der Waals surface area contributed by atoms with Crippen LogP contribution in [0.2, 0.25) is 0 Å². The Bertz CT molecular complexity index is 210. The third kappa shape index (κ3) is 5.27. The van der Waals surface area contributed by atoms with Gasteiger partial charge in [0.1, 0.15) is 0 Å². The molecule has 0 amide bonds. The van der Waals surface area contributed by atoms with E-state index in [1.807, 2.05) is 0 Å². The zero-order valence-corrected chi connectivity index (χ0v) is 13.1. The van der Waals surface area contributed by atoms with E-state index >= 15 is 0 Å². The zero-order valence-electron chi connectivity index (χ0n) is 11.6. The summed E-state index contributed by atoms with van der Waals surface area (Å²) in [6, 6.07) is 0. The molecule has 17 heavy (non-hydrogen) atoms. The third-order valence-electron chi connectivity index (χ3n) is 4.01. The summed E-state index contributed by atoms with van der Waals surface area (Å²) in [5.74, 6) is 0. The molecule has 0 unspecified atom stereocenters. The van der Waals surface area contributed by atoms with Crippen molar-refractivity contribution >= 4 is 15.9 Å². The first-order valence-corrected chi connectivity index (χ1v) is 7.85. The number of hydrogen-bond donors (Lipinski definition) is 0. The number of rotatable bonds is 7. The van der Waals surface area contributed by atoms with Crippen LogP contribution in [0.3, 0.4) is 0 Å². The predicted molar refractivity (Wildman–Crippen MR) is 75.8 cm³/mol. The van der Waals surface area contributed by atoms with Gasteiger partial charge in [0.2, 0.25) is 0 Å². The largest absolute Gasteiger partial charge is 0.381 e. The summed E-state index contributed by atoms with van der Waals surface area (Å²) in [6.45, 7) is 5.92. The van der Waals surface area contributed by atoms with E-state index < -0.39 is 0 Å². The Labute approximate surface area is 115 Å². The van der Waals surface area contributed by atoms with E-state index in [0.717, 1.165) is 25.0 Å². The first-order chi connectivity index (χ1) is 8.04. The van der Waals surface area contributed by atoms with Crippen LogP contribution in [0, 0.1) is 5.41 Å². The van der Waals surface area contributed by atoms with Crippen LogP contribution in [0.4, 0.5) is 0 Å². The molecule has 0 aromatic rings. The quantitative estimate of drug-likeness (QED) is 0.519. The van der Waals surface area contributed by atoms with E-state index in [-0.39, 0.29) is 5.60 Å². The van der Waals surface area contributed by atoms with Gasteiger partial charge in [-0.3, -0.25) is 0 Å². The van der Waals surface area contributed by atoms with Gasteiger partial charge in [0.05, 0.1) is 12.2 Å². The fraction of sp³-hybridized carbons (Fsp3) is 1.00. The van der Waals surface area contributed by atoms with Crippen LogP contribution in [0.1, 0.15) is 52.4 Å². The van der Waals surface area contributed by atoms with E-state index in [1.54, 1.807) is 7.11 Å². The molecule has 1 rings (SSSR count). The molecule has 0 N–H and O–H groups in total. The van der Waals surface area contributed by atoms with Gasteiger partial charge >= 0.3 is 0 Å². The van der Waals surface area contributed by atoms with Crippen LogP contribution in [0.25, 0.3) is 0 Å². The summed E-state index contributed by atoms with van der Waals surface area (Å²) in [5, 5.41) is 1.08. The van der Waals surface area contributed by atoms with E-state index in [9.17, 15) is 0 Å². The summed E-state index contributed by atoms with van der Waals surface area (Å²) in [5.41, 5.74) is 0.337. The third-order valence-corrected chi connectivity index (χ3v) is 5.20. The molecule has 0 saturated heterocycles. The molecule has 2 nitrogen and oxygen atoms in total. The van der Waals surface area contributed by atoms with E-state index in [2.05, 4.69) is 29.8 Å². The summed E-state index contributed by atoms with van der Waals surface area (Å²) < 4.78 is 11.3. The molecule has 0 spiro atoms. The number of alkyl halides is 1. The number of ether oxygens (including phenoxy) is 2. The smallest absolute Gasteiger partial charge is 0.0644 e. The fourth-order valence-electron chi connectivity index (χ4n) is 2.33. The number of halogens is 1. The Morgan fingerprint density at radius 2 is 1.82 bits per heavy atom. The summed E-state index contributed by atoms with van der Waals surface area (Å²) in [6.07, 6.45) is 7.70. The van der Waals surface area contributed by atoms with Crippen molar-refractivity contribution in [3.63, 3.8) is 0 Å². The molecule has 0 aliphatic heterocycles. The molecule has 1 aliphatic carbocycles. The van der Waals surface area contributed by atoms with Crippen LogP contribution >= 0.6 is 15.9 Å². The summed E-state index contributed by atoms with van der Waals surface area (Å²) >= 11 is 3.67. The second kappa shape index (κ2) is 7.10. The van der Waals surface area contributed by atoms with Gasteiger partial charge in [-0.2, -0.15) is 0 Å². The average molecular weight is 307 g/mol. The number of hydrogen-bond acceptors (Lipinski definition) is 2. The van der Waals surface area contributed by atoms with Gasteiger partial charge in [-0.1, -0.05) is 35.2 Å². The van der Waals surface area contributed by atoms with E-state index in [1.165, 1.54) is 32.1 Å². The standard InChI is InChI=1S/C14H27BrO2/c1-13(2,16-3)9-10-17-12-14(11-15)7-5-4-6-8-14/h4-12H2,1-3H3. The van der Waals surface area contributed by atoms with Crippen molar-refractivity contribution in [3.05, 3.63) is 0 Å². The van der Waals surface area contributed by atoms with Crippen molar-refractivity contribution in [1.29, 1.82) is 0 Å². The molecule has 1 aliphatic rings. The maximum Gasteiger partial charge on any atom is 0.0644 e. The molecule has 1 saturated carbocycles. The molecule has 0 radical (unpaired) electrons. The van der Waals surface area contributed by atoms with Crippen molar-refractivity contribution < 1.29 is 9.47 Å². The lowest BCUT2D eigenvalue weighted by Crippen LogP contribution is -2.32. The Kier molecular flexibility index (Phi) is 6.46. The van der Waals surface area contributed by atoms with Crippen LogP contribution < -0.4 is 0 Å². The van der Waals surface area contributed by atoms with E-state index in [4.69, 9.17) is 9.47 Å². The molecule has 102 valence electrons. The molecule has 3 heteroatoms. The zero-order chi connectivity index (χ0) is 12.8. The number of methoxy groups -OCH3 is 1. The summed E-state index contributed by atoms with van der Waals surface area (Å²) in [7, 11) is 1.76. The van der Waals surface area contributed by atoms with Crippen LogP contribution in [0.15, 0.2) is 0 Å². The van der Waals surface area contributed by atoms with Crippen LogP contribution in [-0.2, 0) is 9.47 Å². The second-order valence-electron chi connectivity index (χ2n) is 5.96. The lowest BCUT2D eigenvalue weighted by Gasteiger charge is -2.35. The molecule has 0 aromatic heterocycles. The fourth-order valence-corrected chi connectivity index (χ4v) is 3.05. The summed E-state index contributed by atoms with van der Waals surface area (Å²) in [4.78, 5) is 0. The normalized spacial score (nSPS) is 20.5. The van der Waals surface area contributed by atoms with Gasteiger partial charge in [-0.05, 0) is 33.1 Å². The highest BCUT2D eigenvalue weighted by Gasteiger charge is 2.31. The first kappa shape index (κ1) is 15.5. The van der Waals surface area contributed by atoms with Crippen molar-refractivity contribution in [2.24, 2.45) is 5.41 Å². The first-order valence-electron chi connectivity index (χ1n) is 6.72. The van der Waals surface area contributed by atoms with Crippen LogP contribution in [0.5, 0.6) is 0 Å². The minimum absolute atomic E-state index is 0.0614. The average Bonchev–Trinajstić information content (AvgIpc) is 2.36. The minimum Gasteiger partial charge on any atom is -0.381 e. The SMILES string of the molecule is COC(C)(C)CCOCC1(CBr)CCCCC1. The van der Waals surface area contributed by atoms with Crippen molar-refractivity contribution in [2.45, 2.75) is 58.0 Å². The highest BCUT2D eigenvalue weighted by Crippen LogP contribution is 2.38. The lowest BCUT2D eigenvalue weighted by atomic mass is 9.76. The van der Waals surface area contributed by atoms with Crippen molar-refractivity contribution in [1.82, 2.24) is 0 Å². The van der Waals surface area contributed by atoms with Crippen molar-refractivity contribution in [3.8, 4) is 0 Å². The Balaban J connectivity index is 2.24. The Hall–Kier alpha value is 0.400. The predicted octanol–water partition coefficient (Wildman–Crippen LogP) is 4.16. The van der Waals surface area contributed by atoms with Crippen LogP contribution in [-0.4, -0.2) is 31.3 Å². The van der Waals surface area contributed by atoms with Gasteiger partial charge < -0.3 is 9.47 Å². The molecule has 1 fully saturated rings. The molecule has 0 atom stereocenters. The molecule has 0 aromatic carbocycles. The second-order valence-corrected chi connectivity index (χ2v) is 6.52. The van der Waals surface area contributed by atoms with Gasteiger partial charge in [-0.25, -0.2) is 0 Å². The maximum absolute atomic E-state index is 5.90. The topological polar surface area (TPSA) is 18.5 Å². The Morgan fingerprint density at radius 3 is 2.35 bits per heavy atom. The van der Waals surface area contributed by atoms with Gasteiger partial charge in [-0.15, -0.1) is 0 Å². The minimum atomic E-state index is -0.0614. The van der Waals surface area contributed by atoms with E-state index in [0.29, 0.717) is 5.41 Å². The molecule has 0 bridgehead atoms. The highest BCUT2D eigenvalue weighted by atomic mass is 79.9. The van der Waals surface area contributed by atoms with Gasteiger partial charge in [0, 0.05) is 24.5 Å². The highest BCUT2D eigenvalue weighted by molar-refractivity contribution is 9.09. The monoisotopic (exact) mass is 306 g/mol. The molecular formula is C14H27BrO2. The van der Waals surface area contributed by atoms with Gasteiger partial charge in [0.15, 0.2) is 0 Å². The molecule has 0 heterocycles. The maximum atomic E-state index is 5.90.